The van der Waals surface area contributed by atoms with E-state index in [2.05, 4.69) is 39.6 Å². The molecule has 0 radical (unpaired) electrons. The minimum atomic E-state index is 0.785. The number of thiazole rings is 1. The molecule has 1 aromatic carbocycles. The number of benzene rings is 1. The molecule has 2 N–H and O–H groups in total. The van der Waals surface area contributed by atoms with Crippen LogP contribution >= 0.6 is 11.3 Å². The summed E-state index contributed by atoms with van der Waals surface area (Å²) in [5.41, 5.74) is 2.29. The summed E-state index contributed by atoms with van der Waals surface area (Å²) in [4.78, 5) is 7.41. The van der Waals surface area contributed by atoms with E-state index in [9.17, 15) is 0 Å². The quantitative estimate of drug-likeness (QED) is 0.724. The van der Waals surface area contributed by atoms with E-state index in [0.29, 0.717) is 0 Å². The highest BCUT2D eigenvalue weighted by molar-refractivity contribution is 7.09. The van der Waals surface area contributed by atoms with Crippen LogP contribution in [0.5, 0.6) is 0 Å². The van der Waals surface area contributed by atoms with Crippen LogP contribution in [-0.2, 0) is 6.54 Å². The van der Waals surface area contributed by atoms with Crippen molar-refractivity contribution < 1.29 is 0 Å². The Morgan fingerprint density at radius 2 is 2.31 bits per heavy atom. The number of nitrogens with zero attached hydrogens (tertiary/aromatic N) is 1. The monoisotopic (exact) mass is 229 g/mol. The predicted octanol–water partition coefficient (Wildman–Crippen LogP) is 3.24. The lowest BCUT2D eigenvalue weighted by Gasteiger charge is -2.03. The van der Waals surface area contributed by atoms with E-state index < -0.39 is 0 Å². The molecule has 16 heavy (non-hydrogen) atoms. The van der Waals surface area contributed by atoms with Crippen molar-refractivity contribution in [1.82, 2.24) is 9.97 Å². The maximum atomic E-state index is 4.23. The third-order valence-corrected chi connectivity index (χ3v) is 3.26. The molecule has 4 heteroatoms. The zero-order valence-corrected chi connectivity index (χ0v) is 9.42. The van der Waals surface area contributed by atoms with Crippen molar-refractivity contribution in [2.24, 2.45) is 0 Å². The van der Waals surface area contributed by atoms with Crippen LogP contribution in [0.2, 0.25) is 0 Å². The van der Waals surface area contributed by atoms with Crippen LogP contribution in [0.15, 0.2) is 42.0 Å². The zero-order valence-electron chi connectivity index (χ0n) is 8.60. The van der Waals surface area contributed by atoms with Crippen LogP contribution in [0.25, 0.3) is 10.9 Å². The maximum Gasteiger partial charge on any atom is 0.112 e. The summed E-state index contributed by atoms with van der Waals surface area (Å²) in [6.45, 7) is 0.785. The van der Waals surface area contributed by atoms with Gasteiger partial charge in [-0.1, -0.05) is 0 Å². The van der Waals surface area contributed by atoms with Gasteiger partial charge in [0.2, 0.25) is 0 Å². The van der Waals surface area contributed by atoms with Gasteiger partial charge in [-0.3, -0.25) is 0 Å². The third-order valence-electron chi connectivity index (χ3n) is 2.48. The summed E-state index contributed by atoms with van der Waals surface area (Å²) >= 11 is 1.67. The lowest BCUT2D eigenvalue weighted by Crippen LogP contribution is -1.98. The first-order valence-corrected chi connectivity index (χ1v) is 5.99. The first kappa shape index (κ1) is 9.42. The average Bonchev–Trinajstić information content (AvgIpc) is 2.97. The fraction of sp³-hybridized carbons (Fsp3) is 0.0833. The van der Waals surface area contributed by atoms with Crippen LogP contribution in [0.1, 0.15) is 5.01 Å². The summed E-state index contributed by atoms with van der Waals surface area (Å²) in [6, 6.07) is 8.37. The SMILES string of the molecule is c1csc(CNc2ccc3[nH]ccc3c2)n1. The molecule has 0 saturated carbocycles. The van der Waals surface area contributed by atoms with Gasteiger partial charge in [0, 0.05) is 34.4 Å². The van der Waals surface area contributed by atoms with Crippen molar-refractivity contribution in [1.29, 1.82) is 0 Å². The molecule has 2 aromatic heterocycles. The molecule has 0 amide bonds. The average molecular weight is 229 g/mol. The van der Waals surface area contributed by atoms with Crippen molar-refractivity contribution >= 4 is 27.9 Å². The highest BCUT2D eigenvalue weighted by atomic mass is 32.1. The second kappa shape index (κ2) is 3.98. The molecular weight excluding hydrogens is 218 g/mol. The van der Waals surface area contributed by atoms with Gasteiger partial charge in [0.25, 0.3) is 0 Å². The smallest absolute Gasteiger partial charge is 0.112 e. The van der Waals surface area contributed by atoms with Gasteiger partial charge in [-0.05, 0) is 24.3 Å². The Bertz CT molecular complexity index is 583. The Kier molecular flexibility index (Phi) is 2.34. The van der Waals surface area contributed by atoms with Gasteiger partial charge >= 0.3 is 0 Å². The zero-order chi connectivity index (χ0) is 10.8. The number of rotatable bonds is 3. The number of fused-ring (bicyclic) bond motifs is 1. The number of nitrogens with one attached hydrogen (secondary N) is 2. The standard InChI is InChI=1S/C12H11N3S/c1-2-11-9(3-4-13-11)7-10(1)15-8-12-14-5-6-16-12/h1-7,13,15H,8H2. The molecule has 0 saturated heterocycles. The molecule has 0 aliphatic carbocycles. The second-order valence-electron chi connectivity index (χ2n) is 3.56. The summed E-state index contributed by atoms with van der Waals surface area (Å²) in [7, 11) is 0. The van der Waals surface area contributed by atoms with Crippen LogP contribution in [-0.4, -0.2) is 9.97 Å². The minimum Gasteiger partial charge on any atom is -0.379 e. The number of H-pyrrole nitrogens is 1. The van der Waals surface area contributed by atoms with E-state index in [4.69, 9.17) is 0 Å². The first-order chi connectivity index (χ1) is 7.92. The first-order valence-electron chi connectivity index (χ1n) is 5.11. The molecule has 0 unspecified atom stereocenters. The highest BCUT2D eigenvalue weighted by Crippen LogP contribution is 2.18. The summed E-state index contributed by atoms with van der Waals surface area (Å²) in [5, 5.41) is 7.69. The molecular formula is C12H11N3S. The van der Waals surface area contributed by atoms with E-state index in [-0.39, 0.29) is 0 Å². The van der Waals surface area contributed by atoms with Crippen molar-refractivity contribution in [2.45, 2.75) is 6.54 Å². The topological polar surface area (TPSA) is 40.7 Å². The Hall–Kier alpha value is -1.81. The molecule has 0 aliphatic heterocycles. The number of aromatic nitrogens is 2. The Morgan fingerprint density at radius 1 is 1.31 bits per heavy atom. The molecule has 0 bridgehead atoms. The number of anilines is 1. The van der Waals surface area contributed by atoms with E-state index in [0.717, 1.165) is 17.2 Å². The second-order valence-corrected chi connectivity index (χ2v) is 4.54. The fourth-order valence-corrected chi connectivity index (χ4v) is 2.24. The van der Waals surface area contributed by atoms with Crippen molar-refractivity contribution in [2.75, 3.05) is 5.32 Å². The summed E-state index contributed by atoms with van der Waals surface area (Å²) < 4.78 is 0. The van der Waals surface area contributed by atoms with Crippen LogP contribution < -0.4 is 5.32 Å². The van der Waals surface area contributed by atoms with Crippen molar-refractivity contribution in [3.63, 3.8) is 0 Å². The highest BCUT2D eigenvalue weighted by Gasteiger charge is 1.98. The molecule has 0 aliphatic rings. The lowest BCUT2D eigenvalue weighted by atomic mass is 10.2. The van der Waals surface area contributed by atoms with Gasteiger partial charge in [-0.15, -0.1) is 11.3 Å². The lowest BCUT2D eigenvalue weighted by molar-refractivity contribution is 1.10. The minimum absolute atomic E-state index is 0.785. The van der Waals surface area contributed by atoms with Crippen LogP contribution in [0, 0.1) is 0 Å². The Balaban J connectivity index is 1.78. The largest absolute Gasteiger partial charge is 0.379 e. The number of hydrogen-bond donors (Lipinski definition) is 2. The molecule has 3 aromatic rings. The summed E-state index contributed by atoms with van der Waals surface area (Å²) in [6.07, 6.45) is 3.78. The predicted molar refractivity (Wildman–Crippen MR) is 67.7 cm³/mol. The van der Waals surface area contributed by atoms with Gasteiger partial charge in [0.05, 0.1) is 6.54 Å². The van der Waals surface area contributed by atoms with Crippen molar-refractivity contribution in [3.05, 3.63) is 47.0 Å². The fourth-order valence-electron chi connectivity index (χ4n) is 1.68. The van der Waals surface area contributed by atoms with Gasteiger partial charge in [-0.2, -0.15) is 0 Å². The van der Waals surface area contributed by atoms with E-state index in [1.54, 1.807) is 11.3 Å². The van der Waals surface area contributed by atoms with Crippen LogP contribution in [0.4, 0.5) is 5.69 Å². The Labute approximate surface area is 97.2 Å². The molecule has 0 atom stereocenters. The molecule has 0 spiro atoms. The molecule has 3 nitrogen and oxygen atoms in total. The van der Waals surface area contributed by atoms with Gasteiger partial charge in [0.15, 0.2) is 0 Å². The van der Waals surface area contributed by atoms with E-state index in [1.807, 2.05) is 17.8 Å². The normalized spacial score (nSPS) is 10.8. The van der Waals surface area contributed by atoms with Crippen molar-refractivity contribution in [3.8, 4) is 0 Å². The van der Waals surface area contributed by atoms with Gasteiger partial charge in [-0.25, -0.2) is 4.98 Å². The van der Waals surface area contributed by atoms with E-state index in [1.165, 1.54) is 10.9 Å². The number of aromatic amines is 1. The third kappa shape index (κ3) is 1.79. The Morgan fingerprint density at radius 3 is 3.19 bits per heavy atom. The maximum absolute atomic E-state index is 4.23. The number of hydrogen-bond acceptors (Lipinski definition) is 3. The van der Waals surface area contributed by atoms with E-state index >= 15 is 0 Å². The molecule has 2 heterocycles. The summed E-state index contributed by atoms with van der Waals surface area (Å²) in [5.74, 6) is 0. The molecule has 0 fully saturated rings. The van der Waals surface area contributed by atoms with Gasteiger partial charge < -0.3 is 10.3 Å². The molecule has 3 rings (SSSR count). The molecule has 80 valence electrons. The van der Waals surface area contributed by atoms with Gasteiger partial charge in [0.1, 0.15) is 5.01 Å². The van der Waals surface area contributed by atoms with Crippen LogP contribution in [0.3, 0.4) is 0 Å².